The second-order valence-electron chi connectivity index (χ2n) is 5.42. The van der Waals surface area contributed by atoms with Crippen molar-refractivity contribution in [1.29, 1.82) is 0 Å². The molecule has 0 heterocycles. The van der Waals surface area contributed by atoms with Crippen molar-refractivity contribution in [3.8, 4) is 0 Å². The first kappa shape index (κ1) is 11.9. The Labute approximate surface area is 97.6 Å². The molecule has 2 N–H and O–H groups in total. The molecule has 3 atom stereocenters. The molecule has 2 rings (SSSR count). The number of carbonyl (C=O) groups is 1. The highest BCUT2D eigenvalue weighted by Gasteiger charge is 2.54. The van der Waals surface area contributed by atoms with Gasteiger partial charge in [-0.3, -0.25) is 4.79 Å². The number of fused-ring (bicyclic) bond motifs is 1. The van der Waals surface area contributed by atoms with Crippen LogP contribution in [0.2, 0.25) is 0 Å². The maximum Gasteiger partial charge on any atom is 0.223 e. The van der Waals surface area contributed by atoms with Gasteiger partial charge in [-0.1, -0.05) is 12.8 Å². The Morgan fingerprint density at radius 1 is 1.38 bits per heavy atom. The molecule has 0 bridgehead atoms. The number of rotatable bonds is 5. The smallest absolute Gasteiger partial charge is 0.223 e. The van der Waals surface area contributed by atoms with Crippen LogP contribution in [0.4, 0.5) is 0 Å². The first-order chi connectivity index (χ1) is 7.70. The Kier molecular flexibility index (Phi) is 3.85. The van der Waals surface area contributed by atoms with Gasteiger partial charge in [0.25, 0.3) is 0 Å². The third kappa shape index (κ3) is 2.76. The number of hydrogen-bond donors (Lipinski definition) is 2. The zero-order chi connectivity index (χ0) is 11.5. The molecule has 92 valence electrons. The van der Waals surface area contributed by atoms with Gasteiger partial charge in [0.05, 0.1) is 6.10 Å². The number of hydrogen-bond acceptors (Lipinski definition) is 2. The number of carbonyl (C=O) groups excluding carboxylic acids is 1. The van der Waals surface area contributed by atoms with Gasteiger partial charge in [-0.15, -0.1) is 0 Å². The highest BCUT2D eigenvalue weighted by Crippen LogP contribution is 2.55. The maximum absolute atomic E-state index is 11.8. The van der Waals surface area contributed by atoms with Gasteiger partial charge in [0.15, 0.2) is 0 Å². The third-order valence-electron chi connectivity index (χ3n) is 4.06. The van der Waals surface area contributed by atoms with E-state index in [0.717, 1.165) is 19.4 Å². The lowest BCUT2D eigenvalue weighted by molar-refractivity contribution is -0.122. The number of aliphatic hydroxyl groups excluding tert-OH is 1. The van der Waals surface area contributed by atoms with Gasteiger partial charge in [0.1, 0.15) is 0 Å². The molecule has 2 aliphatic rings. The maximum atomic E-state index is 11.8. The zero-order valence-electron chi connectivity index (χ0n) is 10.1. The third-order valence-corrected chi connectivity index (χ3v) is 4.06. The number of nitrogens with one attached hydrogen (secondary N) is 1. The molecule has 2 saturated carbocycles. The van der Waals surface area contributed by atoms with Gasteiger partial charge in [-0.05, 0) is 44.4 Å². The topological polar surface area (TPSA) is 49.3 Å². The highest BCUT2D eigenvalue weighted by atomic mass is 16.3. The molecule has 0 aromatic heterocycles. The van der Waals surface area contributed by atoms with Crippen LogP contribution in [0, 0.1) is 17.8 Å². The summed E-state index contributed by atoms with van der Waals surface area (Å²) >= 11 is 0. The van der Waals surface area contributed by atoms with E-state index in [1.807, 2.05) is 0 Å². The van der Waals surface area contributed by atoms with Crippen molar-refractivity contribution < 1.29 is 9.90 Å². The molecule has 0 saturated heterocycles. The van der Waals surface area contributed by atoms with E-state index in [4.69, 9.17) is 5.11 Å². The van der Waals surface area contributed by atoms with Gasteiger partial charge in [-0.25, -0.2) is 0 Å². The first-order valence-electron chi connectivity index (χ1n) is 6.66. The molecule has 1 amide bonds. The predicted molar refractivity (Wildman–Crippen MR) is 62.9 cm³/mol. The summed E-state index contributed by atoms with van der Waals surface area (Å²) in [5.41, 5.74) is 0. The van der Waals surface area contributed by atoms with Crippen LogP contribution in [0.1, 0.15) is 45.4 Å². The van der Waals surface area contributed by atoms with Crippen LogP contribution in [0.5, 0.6) is 0 Å². The van der Waals surface area contributed by atoms with Crippen LogP contribution in [-0.4, -0.2) is 23.7 Å². The lowest BCUT2D eigenvalue weighted by atomic mass is 10.0. The summed E-state index contributed by atoms with van der Waals surface area (Å²) in [6.07, 6.45) is 6.55. The van der Waals surface area contributed by atoms with E-state index in [2.05, 4.69) is 5.32 Å². The van der Waals surface area contributed by atoms with Crippen LogP contribution in [0.25, 0.3) is 0 Å². The standard InChI is InChI=1S/C13H23NO2/c1-9(15)5-4-8-14-13(16)12-10-6-2-3-7-11(10)12/h9-12,15H,2-8H2,1H3,(H,14,16). The molecule has 3 unspecified atom stereocenters. The van der Waals surface area contributed by atoms with Crippen LogP contribution >= 0.6 is 0 Å². The summed E-state index contributed by atoms with van der Waals surface area (Å²) in [4.78, 5) is 11.8. The molecule has 0 spiro atoms. The Morgan fingerprint density at radius 2 is 2.00 bits per heavy atom. The van der Waals surface area contributed by atoms with E-state index in [1.54, 1.807) is 6.92 Å². The summed E-state index contributed by atoms with van der Waals surface area (Å²) < 4.78 is 0. The van der Waals surface area contributed by atoms with Crippen molar-refractivity contribution >= 4 is 5.91 Å². The lowest BCUT2D eigenvalue weighted by Gasteiger charge is -2.06. The quantitative estimate of drug-likeness (QED) is 0.700. The summed E-state index contributed by atoms with van der Waals surface area (Å²) in [5, 5.41) is 12.1. The van der Waals surface area contributed by atoms with Crippen molar-refractivity contribution in [2.75, 3.05) is 6.54 Å². The fourth-order valence-electron chi connectivity index (χ4n) is 3.11. The molecule has 3 nitrogen and oxygen atoms in total. The minimum absolute atomic E-state index is 0.250. The summed E-state index contributed by atoms with van der Waals surface area (Å²) in [7, 11) is 0. The van der Waals surface area contributed by atoms with Gasteiger partial charge in [-0.2, -0.15) is 0 Å². The molecule has 0 aromatic rings. The van der Waals surface area contributed by atoms with Crippen molar-refractivity contribution in [2.45, 2.75) is 51.6 Å². The van der Waals surface area contributed by atoms with E-state index in [-0.39, 0.29) is 12.0 Å². The average molecular weight is 225 g/mol. The van der Waals surface area contributed by atoms with E-state index in [1.165, 1.54) is 25.7 Å². The van der Waals surface area contributed by atoms with Crippen molar-refractivity contribution in [1.82, 2.24) is 5.32 Å². The van der Waals surface area contributed by atoms with Crippen molar-refractivity contribution in [3.05, 3.63) is 0 Å². The molecule has 0 aliphatic heterocycles. The number of aliphatic hydroxyl groups is 1. The Balaban J connectivity index is 1.62. The van der Waals surface area contributed by atoms with Crippen molar-refractivity contribution in [2.24, 2.45) is 17.8 Å². The monoisotopic (exact) mass is 225 g/mol. The Hall–Kier alpha value is -0.570. The van der Waals surface area contributed by atoms with E-state index in [9.17, 15) is 4.79 Å². The fourth-order valence-corrected chi connectivity index (χ4v) is 3.11. The minimum Gasteiger partial charge on any atom is -0.393 e. The van der Waals surface area contributed by atoms with Crippen LogP contribution < -0.4 is 5.32 Å². The molecular weight excluding hydrogens is 202 g/mol. The average Bonchev–Trinajstić information content (AvgIpc) is 2.98. The van der Waals surface area contributed by atoms with Gasteiger partial charge < -0.3 is 10.4 Å². The van der Waals surface area contributed by atoms with E-state index >= 15 is 0 Å². The summed E-state index contributed by atoms with van der Waals surface area (Å²) in [6.45, 7) is 2.51. The van der Waals surface area contributed by atoms with Gasteiger partial charge >= 0.3 is 0 Å². The van der Waals surface area contributed by atoms with E-state index in [0.29, 0.717) is 17.8 Å². The van der Waals surface area contributed by atoms with Gasteiger partial charge in [0, 0.05) is 12.5 Å². The number of amides is 1. The fraction of sp³-hybridized carbons (Fsp3) is 0.923. The predicted octanol–water partition coefficient (Wildman–Crippen LogP) is 1.70. The Bertz CT molecular complexity index is 240. The summed E-state index contributed by atoms with van der Waals surface area (Å²) in [5.74, 6) is 1.99. The lowest BCUT2D eigenvalue weighted by Crippen LogP contribution is -2.27. The molecule has 3 heteroatoms. The zero-order valence-corrected chi connectivity index (χ0v) is 10.1. The second kappa shape index (κ2) is 5.17. The SMILES string of the molecule is CC(O)CCCNC(=O)C1C2CCCCC21. The Morgan fingerprint density at radius 3 is 2.56 bits per heavy atom. The largest absolute Gasteiger partial charge is 0.393 e. The van der Waals surface area contributed by atoms with Crippen molar-refractivity contribution in [3.63, 3.8) is 0 Å². The van der Waals surface area contributed by atoms with Crippen LogP contribution in [0.15, 0.2) is 0 Å². The van der Waals surface area contributed by atoms with E-state index < -0.39 is 0 Å². The first-order valence-corrected chi connectivity index (χ1v) is 6.66. The molecular formula is C13H23NO2. The highest BCUT2D eigenvalue weighted by molar-refractivity contribution is 5.82. The molecule has 2 aliphatic carbocycles. The summed E-state index contributed by atoms with van der Waals surface area (Å²) in [6, 6.07) is 0. The van der Waals surface area contributed by atoms with Crippen LogP contribution in [0.3, 0.4) is 0 Å². The molecule has 0 radical (unpaired) electrons. The normalized spacial score (nSPS) is 34.0. The van der Waals surface area contributed by atoms with Crippen LogP contribution in [-0.2, 0) is 4.79 Å². The second-order valence-corrected chi connectivity index (χ2v) is 5.42. The van der Waals surface area contributed by atoms with Gasteiger partial charge in [0.2, 0.25) is 5.91 Å². The minimum atomic E-state index is -0.250. The molecule has 2 fully saturated rings. The molecule has 16 heavy (non-hydrogen) atoms. The molecule has 0 aromatic carbocycles.